The van der Waals surface area contributed by atoms with Crippen molar-refractivity contribution in [3.63, 3.8) is 0 Å². The predicted molar refractivity (Wildman–Crippen MR) is 115 cm³/mol. The molecular formula is C21H42N2O2S. The molecule has 26 heavy (non-hydrogen) atoms. The lowest BCUT2D eigenvalue weighted by molar-refractivity contribution is -0.130. The van der Waals surface area contributed by atoms with Crippen molar-refractivity contribution < 1.29 is 9.59 Å². The van der Waals surface area contributed by atoms with Crippen molar-refractivity contribution in [2.75, 3.05) is 5.75 Å². The maximum atomic E-state index is 11.6. The third-order valence-electron chi connectivity index (χ3n) is 4.80. The minimum atomic E-state index is -0.705. The minimum Gasteiger partial charge on any atom is -0.319 e. The molecule has 154 valence electrons. The van der Waals surface area contributed by atoms with Crippen molar-refractivity contribution in [1.82, 2.24) is 5.32 Å². The van der Waals surface area contributed by atoms with Gasteiger partial charge in [-0.1, -0.05) is 96.8 Å². The van der Waals surface area contributed by atoms with Gasteiger partial charge in [0.05, 0.1) is 6.04 Å². The summed E-state index contributed by atoms with van der Waals surface area (Å²) in [4.78, 5) is 23.0. The Morgan fingerprint density at radius 1 is 0.769 bits per heavy atom. The molecule has 1 atom stereocenters. The molecule has 0 unspecified atom stereocenters. The van der Waals surface area contributed by atoms with Crippen LogP contribution in [0.5, 0.6) is 0 Å². The van der Waals surface area contributed by atoms with Crippen molar-refractivity contribution >= 4 is 24.4 Å². The van der Waals surface area contributed by atoms with Crippen LogP contribution in [-0.4, -0.2) is 23.6 Å². The smallest absolute Gasteiger partial charge is 0.244 e. The van der Waals surface area contributed by atoms with Gasteiger partial charge in [0.1, 0.15) is 0 Å². The summed E-state index contributed by atoms with van der Waals surface area (Å²) < 4.78 is 0. The SMILES string of the molecule is CCCCCCCCCCCCCCCCCC(=O)NC(=O)[C@@H](N)CS. The summed E-state index contributed by atoms with van der Waals surface area (Å²) in [5, 5.41) is 2.33. The molecule has 4 nitrogen and oxygen atoms in total. The number of unbranched alkanes of at least 4 members (excludes halogenated alkanes) is 14. The number of imide groups is 1. The molecule has 0 saturated heterocycles. The molecule has 0 saturated carbocycles. The lowest BCUT2D eigenvalue weighted by atomic mass is 10.0. The van der Waals surface area contributed by atoms with Crippen LogP contribution in [0.1, 0.15) is 110 Å². The highest BCUT2D eigenvalue weighted by Crippen LogP contribution is 2.13. The second kappa shape index (κ2) is 19.2. The second-order valence-electron chi connectivity index (χ2n) is 7.40. The van der Waals surface area contributed by atoms with Gasteiger partial charge in [0.2, 0.25) is 11.8 Å². The van der Waals surface area contributed by atoms with Crippen LogP contribution in [0.4, 0.5) is 0 Å². The third kappa shape index (κ3) is 16.9. The number of hydrogen-bond donors (Lipinski definition) is 3. The average molecular weight is 387 g/mol. The number of amides is 2. The lowest BCUT2D eigenvalue weighted by Crippen LogP contribution is -2.44. The van der Waals surface area contributed by atoms with Gasteiger partial charge in [-0.3, -0.25) is 14.9 Å². The molecule has 0 rings (SSSR count). The molecule has 0 heterocycles. The van der Waals surface area contributed by atoms with Crippen LogP contribution in [0.25, 0.3) is 0 Å². The van der Waals surface area contributed by atoms with Gasteiger partial charge in [-0.15, -0.1) is 0 Å². The summed E-state index contributed by atoms with van der Waals surface area (Å²) in [5.74, 6) is -0.397. The molecule has 2 amide bonds. The Hall–Kier alpha value is -0.550. The van der Waals surface area contributed by atoms with Crippen LogP contribution in [0.3, 0.4) is 0 Å². The largest absolute Gasteiger partial charge is 0.319 e. The van der Waals surface area contributed by atoms with Crippen LogP contribution in [0, 0.1) is 0 Å². The summed E-state index contributed by atoms with van der Waals surface area (Å²) in [5.41, 5.74) is 5.51. The van der Waals surface area contributed by atoms with Gasteiger partial charge in [-0.2, -0.15) is 12.6 Å². The van der Waals surface area contributed by atoms with Crippen LogP contribution in [0.15, 0.2) is 0 Å². The second-order valence-corrected chi connectivity index (χ2v) is 7.77. The molecule has 0 aliphatic carbocycles. The van der Waals surface area contributed by atoms with Gasteiger partial charge in [-0.25, -0.2) is 0 Å². The standard InChI is InChI=1S/C21H42N2O2S/c1-2-3-4-5-6-7-8-9-10-11-12-13-14-15-16-17-20(24)23-21(25)19(22)18-26/h19,26H,2-18,22H2,1H3,(H,23,24,25)/t19-/m0/s1. The Bertz CT molecular complexity index is 351. The Kier molecular flexibility index (Phi) is 18.8. The highest BCUT2D eigenvalue weighted by molar-refractivity contribution is 7.80. The number of nitrogens with one attached hydrogen (secondary N) is 1. The van der Waals surface area contributed by atoms with Crippen molar-refractivity contribution in [1.29, 1.82) is 0 Å². The van der Waals surface area contributed by atoms with Crippen LogP contribution in [0.2, 0.25) is 0 Å². The summed E-state index contributed by atoms with van der Waals surface area (Å²) >= 11 is 3.95. The first-order valence-electron chi connectivity index (χ1n) is 10.8. The number of carbonyl (C=O) groups is 2. The van der Waals surface area contributed by atoms with E-state index in [1.165, 1.54) is 83.5 Å². The maximum Gasteiger partial charge on any atom is 0.244 e. The Labute approximate surface area is 166 Å². The molecule has 0 aromatic rings. The van der Waals surface area contributed by atoms with E-state index in [1.807, 2.05) is 0 Å². The number of thiol groups is 1. The molecule has 0 spiro atoms. The van der Waals surface area contributed by atoms with Gasteiger partial charge in [0.15, 0.2) is 0 Å². The van der Waals surface area contributed by atoms with Crippen LogP contribution >= 0.6 is 12.6 Å². The van der Waals surface area contributed by atoms with Gasteiger partial charge in [0, 0.05) is 12.2 Å². The molecule has 0 fully saturated rings. The fourth-order valence-corrected chi connectivity index (χ4v) is 3.20. The summed E-state index contributed by atoms with van der Waals surface area (Å²) in [6.45, 7) is 2.27. The van der Waals surface area contributed by atoms with Crippen molar-refractivity contribution in [3.05, 3.63) is 0 Å². The normalized spacial score (nSPS) is 12.1. The maximum absolute atomic E-state index is 11.6. The zero-order chi connectivity index (χ0) is 19.5. The van der Waals surface area contributed by atoms with E-state index in [4.69, 9.17) is 5.73 Å². The molecular weight excluding hydrogens is 344 g/mol. The monoisotopic (exact) mass is 386 g/mol. The highest BCUT2D eigenvalue weighted by Gasteiger charge is 2.14. The molecule has 0 aliphatic rings. The molecule has 0 aromatic carbocycles. The number of nitrogens with two attached hydrogens (primary N) is 1. The minimum absolute atomic E-state index is 0.220. The summed E-state index contributed by atoms with van der Waals surface area (Å²) in [7, 11) is 0. The quantitative estimate of drug-likeness (QED) is 0.225. The van der Waals surface area contributed by atoms with Gasteiger partial charge >= 0.3 is 0 Å². The number of hydrogen-bond acceptors (Lipinski definition) is 4. The van der Waals surface area contributed by atoms with E-state index in [9.17, 15) is 9.59 Å². The first kappa shape index (κ1) is 25.4. The highest BCUT2D eigenvalue weighted by atomic mass is 32.1. The molecule has 3 N–H and O–H groups in total. The number of rotatable bonds is 18. The Balaban J connectivity index is 3.24. The van der Waals surface area contributed by atoms with E-state index in [0.29, 0.717) is 6.42 Å². The van der Waals surface area contributed by atoms with E-state index < -0.39 is 11.9 Å². The summed E-state index contributed by atoms with van der Waals surface area (Å²) in [6, 6.07) is -0.705. The molecule has 0 aromatic heterocycles. The van der Waals surface area contributed by atoms with E-state index in [0.717, 1.165) is 12.8 Å². The zero-order valence-electron chi connectivity index (χ0n) is 16.9. The fourth-order valence-electron chi connectivity index (χ4n) is 3.03. The first-order chi connectivity index (χ1) is 12.6. The van der Waals surface area contributed by atoms with Gasteiger partial charge in [-0.05, 0) is 6.42 Å². The topological polar surface area (TPSA) is 72.2 Å². The molecule has 0 bridgehead atoms. The van der Waals surface area contributed by atoms with Crippen molar-refractivity contribution in [2.45, 2.75) is 116 Å². The fraction of sp³-hybridized carbons (Fsp3) is 0.905. The van der Waals surface area contributed by atoms with Crippen molar-refractivity contribution in [2.24, 2.45) is 5.73 Å². The van der Waals surface area contributed by atoms with E-state index in [1.54, 1.807) is 0 Å². The van der Waals surface area contributed by atoms with E-state index >= 15 is 0 Å². The summed E-state index contributed by atoms with van der Waals surface area (Å²) in [6.07, 6.45) is 19.9. The zero-order valence-corrected chi connectivity index (χ0v) is 17.8. The van der Waals surface area contributed by atoms with E-state index in [2.05, 4.69) is 24.9 Å². The average Bonchev–Trinajstić information content (AvgIpc) is 2.64. The number of carbonyl (C=O) groups excluding carboxylic acids is 2. The first-order valence-corrected chi connectivity index (χ1v) is 11.4. The third-order valence-corrected chi connectivity index (χ3v) is 5.20. The Morgan fingerprint density at radius 3 is 1.54 bits per heavy atom. The van der Waals surface area contributed by atoms with Gasteiger partial charge in [0.25, 0.3) is 0 Å². The molecule has 5 heteroatoms. The van der Waals surface area contributed by atoms with Gasteiger partial charge < -0.3 is 5.73 Å². The van der Waals surface area contributed by atoms with Crippen molar-refractivity contribution in [3.8, 4) is 0 Å². The predicted octanol–water partition coefficient (Wildman–Crippen LogP) is 5.15. The molecule has 0 aliphatic heterocycles. The Morgan fingerprint density at radius 2 is 1.15 bits per heavy atom. The molecule has 0 radical (unpaired) electrons. The van der Waals surface area contributed by atoms with Crippen LogP contribution < -0.4 is 11.1 Å². The van der Waals surface area contributed by atoms with E-state index in [-0.39, 0.29) is 11.7 Å². The lowest BCUT2D eigenvalue weighted by Gasteiger charge is -2.08. The van der Waals surface area contributed by atoms with Crippen LogP contribution in [-0.2, 0) is 9.59 Å².